The zero-order chi connectivity index (χ0) is 22.1. The third-order valence-electron chi connectivity index (χ3n) is 5.48. The summed E-state index contributed by atoms with van der Waals surface area (Å²) < 4.78 is 33.6. The maximum absolute atomic E-state index is 12.6. The fourth-order valence-corrected chi connectivity index (χ4v) is 4.98. The van der Waals surface area contributed by atoms with Crippen LogP contribution in [0, 0.1) is 0 Å². The summed E-state index contributed by atoms with van der Waals surface area (Å²) in [6.07, 6.45) is 8.35. The lowest BCUT2D eigenvalue weighted by molar-refractivity contribution is 0.102. The molecular weight excluding hydrogens is 412 g/mol. The Labute approximate surface area is 185 Å². The summed E-state index contributed by atoms with van der Waals surface area (Å²) in [6, 6.07) is 13.3. The molecule has 0 radical (unpaired) electrons. The maximum Gasteiger partial charge on any atom is 0.255 e. The van der Waals surface area contributed by atoms with Gasteiger partial charge in [0.15, 0.2) is 0 Å². The van der Waals surface area contributed by atoms with Crippen molar-refractivity contribution in [1.82, 2.24) is 4.72 Å². The highest BCUT2D eigenvalue weighted by molar-refractivity contribution is 7.89. The molecule has 0 heterocycles. The van der Waals surface area contributed by atoms with Crippen LogP contribution < -0.4 is 14.8 Å². The normalized spacial score (nSPS) is 14.9. The Balaban J connectivity index is 1.54. The Bertz CT molecular complexity index is 935. The number of unbranched alkanes of at least 4 members (excludes halogenated alkanes) is 2. The summed E-state index contributed by atoms with van der Waals surface area (Å²) >= 11 is 0. The first-order valence-electron chi connectivity index (χ1n) is 11.1. The van der Waals surface area contributed by atoms with Gasteiger partial charge in [-0.3, -0.25) is 4.79 Å². The van der Waals surface area contributed by atoms with Gasteiger partial charge < -0.3 is 10.1 Å². The Morgan fingerprint density at radius 3 is 2.29 bits per heavy atom. The van der Waals surface area contributed by atoms with E-state index in [2.05, 4.69) is 17.0 Å². The monoisotopic (exact) mass is 444 g/mol. The van der Waals surface area contributed by atoms with Gasteiger partial charge in [0.1, 0.15) is 5.75 Å². The molecule has 168 valence electrons. The minimum Gasteiger partial charge on any atom is -0.494 e. The van der Waals surface area contributed by atoms with Crippen molar-refractivity contribution in [3.8, 4) is 5.75 Å². The van der Waals surface area contributed by atoms with Crippen LogP contribution in [-0.2, 0) is 10.0 Å². The highest BCUT2D eigenvalue weighted by atomic mass is 32.2. The molecule has 0 aromatic heterocycles. The fourth-order valence-electron chi connectivity index (χ4n) is 3.67. The van der Waals surface area contributed by atoms with Gasteiger partial charge in [-0.25, -0.2) is 13.1 Å². The van der Waals surface area contributed by atoms with E-state index in [0.717, 1.165) is 50.7 Å². The number of amides is 1. The Kier molecular flexibility index (Phi) is 8.49. The van der Waals surface area contributed by atoms with E-state index in [9.17, 15) is 13.2 Å². The lowest BCUT2D eigenvalue weighted by atomic mass is 9.96. The van der Waals surface area contributed by atoms with Crippen LogP contribution in [0.25, 0.3) is 0 Å². The molecule has 0 bridgehead atoms. The van der Waals surface area contributed by atoms with Crippen molar-refractivity contribution < 1.29 is 17.9 Å². The van der Waals surface area contributed by atoms with Crippen LogP contribution in [0.3, 0.4) is 0 Å². The minimum atomic E-state index is -3.55. The molecule has 6 nitrogen and oxygen atoms in total. The van der Waals surface area contributed by atoms with Gasteiger partial charge in [0, 0.05) is 17.3 Å². The molecule has 1 aliphatic rings. The molecule has 0 saturated heterocycles. The number of hydrogen-bond donors (Lipinski definition) is 2. The van der Waals surface area contributed by atoms with Gasteiger partial charge >= 0.3 is 0 Å². The molecule has 0 aliphatic heterocycles. The largest absolute Gasteiger partial charge is 0.494 e. The Morgan fingerprint density at radius 2 is 1.65 bits per heavy atom. The number of hydrogen-bond acceptors (Lipinski definition) is 4. The maximum atomic E-state index is 12.6. The molecule has 31 heavy (non-hydrogen) atoms. The van der Waals surface area contributed by atoms with Crippen molar-refractivity contribution in [2.45, 2.75) is 69.2 Å². The van der Waals surface area contributed by atoms with Crippen molar-refractivity contribution in [1.29, 1.82) is 0 Å². The summed E-state index contributed by atoms with van der Waals surface area (Å²) in [5, 5.41) is 2.80. The number of ether oxygens (including phenoxy) is 1. The van der Waals surface area contributed by atoms with Crippen LogP contribution in [-0.4, -0.2) is 27.0 Å². The van der Waals surface area contributed by atoms with Gasteiger partial charge in [-0.15, -0.1) is 0 Å². The highest BCUT2D eigenvalue weighted by Crippen LogP contribution is 2.21. The molecule has 3 rings (SSSR count). The molecule has 2 aromatic carbocycles. The van der Waals surface area contributed by atoms with Crippen LogP contribution in [0.15, 0.2) is 53.4 Å². The first-order valence-corrected chi connectivity index (χ1v) is 12.6. The molecule has 1 saturated carbocycles. The predicted molar refractivity (Wildman–Crippen MR) is 123 cm³/mol. The summed E-state index contributed by atoms with van der Waals surface area (Å²) in [6.45, 7) is 2.82. The third kappa shape index (κ3) is 7.08. The van der Waals surface area contributed by atoms with Gasteiger partial charge in [-0.05, 0) is 67.8 Å². The second-order valence-corrected chi connectivity index (χ2v) is 9.73. The van der Waals surface area contributed by atoms with Crippen LogP contribution in [0.1, 0.15) is 68.6 Å². The van der Waals surface area contributed by atoms with Crippen molar-refractivity contribution in [3.63, 3.8) is 0 Å². The van der Waals surface area contributed by atoms with Gasteiger partial charge in [0.05, 0.1) is 11.5 Å². The van der Waals surface area contributed by atoms with Gasteiger partial charge in [0.25, 0.3) is 5.91 Å². The number of rotatable bonds is 10. The number of sulfonamides is 1. The highest BCUT2D eigenvalue weighted by Gasteiger charge is 2.21. The van der Waals surface area contributed by atoms with Gasteiger partial charge in [0.2, 0.25) is 10.0 Å². The minimum absolute atomic E-state index is 0.0109. The fraction of sp³-hybridized carbons (Fsp3) is 0.458. The van der Waals surface area contributed by atoms with E-state index in [4.69, 9.17) is 4.74 Å². The molecule has 7 heteroatoms. The average molecular weight is 445 g/mol. The third-order valence-corrected chi connectivity index (χ3v) is 7.02. The topological polar surface area (TPSA) is 84.5 Å². The van der Waals surface area contributed by atoms with Gasteiger partial charge in [-0.2, -0.15) is 0 Å². The summed E-state index contributed by atoms with van der Waals surface area (Å²) in [5.41, 5.74) is 1.05. The van der Waals surface area contributed by atoms with E-state index in [1.807, 2.05) is 0 Å². The molecule has 2 aromatic rings. The molecule has 0 atom stereocenters. The lowest BCUT2D eigenvalue weighted by Gasteiger charge is -2.22. The van der Waals surface area contributed by atoms with Crippen molar-refractivity contribution >= 4 is 21.6 Å². The zero-order valence-corrected chi connectivity index (χ0v) is 18.9. The summed E-state index contributed by atoms with van der Waals surface area (Å²) in [4.78, 5) is 12.7. The Morgan fingerprint density at radius 1 is 0.968 bits per heavy atom. The van der Waals surface area contributed by atoms with Crippen molar-refractivity contribution in [3.05, 3.63) is 54.1 Å². The van der Waals surface area contributed by atoms with E-state index >= 15 is 0 Å². The smallest absolute Gasteiger partial charge is 0.255 e. The van der Waals surface area contributed by atoms with Crippen LogP contribution in [0.5, 0.6) is 5.75 Å². The number of anilines is 1. The lowest BCUT2D eigenvalue weighted by Crippen LogP contribution is -2.36. The first kappa shape index (κ1) is 23.3. The molecule has 1 amide bonds. The van der Waals surface area contributed by atoms with E-state index in [1.54, 1.807) is 36.4 Å². The number of nitrogens with one attached hydrogen (secondary N) is 2. The second-order valence-electron chi connectivity index (χ2n) is 8.01. The number of carbonyl (C=O) groups excluding carboxylic acids is 1. The van der Waals surface area contributed by atoms with E-state index < -0.39 is 10.0 Å². The van der Waals surface area contributed by atoms with Gasteiger partial charge in [-0.1, -0.05) is 39.0 Å². The summed E-state index contributed by atoms with van der Waals surface area (Å²) in [5.74, 6) is 0.487. The van der Waals surface area contributed by atoms with Crippen LogP contribution in [0.2, 0.25) is 0 Å². The molecule has 1 fully saturated rings. The molecule has 0 spiro atoms. The van der Waals surface area contributed by atoms with Crippen molar-refractivity contribution in [2.75, 3.05) is 11.9 Å². The Hall–Kier alpha value is -2.38. The zero-order valence-electron chi connectivity index (χ0n) is 18.1. The van der Waals surface area contributed by atoms with Crippen molar-refractivity contribution in [2.24, 2.45) is 0 Å². The number of carbonyl (C=O) groups is 1. The van der Waals surface area contributed by atoms with E-state index in [-0.39, 0.29) is 16.8 Å². The molecule has 2 N–H and O–H groups in total. The van der Waals surface area contributed by atoms with Crippen LogP contribution in [0.4, 0.5) is 5.69 Å². The quantitative estimate of drug-likeness (QED) is 0.498. The standard InChI is InChI=1S/C24H32N2O4S/c1-2-3-7-18-30-22-14-10-19(11-15-22)24(27)25-20-12-16-23(17-13-20)31(28,29)26-21-8-5-4-6-9-21/h10-17,21,26H,2-9,18H2,1H3,(H,25,27). The predicted octanol–water partition coefficient (Wildman–Crippen LogP) is 5.12. The average Bonchev–Trinajstić information content (AvgIpc) is 2.78. The molecular formula is C24H32N2O4S. The van der Waals surface area contributed by atoms with Crippen LogP contribution >= 0.6 is 0 Å². The van der Waals surface area contributed by atoms with E-state index in [1.165, 1.54) is 18.6 Å². The first-order chi connectivity index (χ1) is 15.0. The summed E-state index contributed by atoms with van der Waals surface area (Å²) in [7, 11) is -3.55. The van der Waals surface area contributed by atoms with E-state index in [0.29, 0.717) is 17.9 Å². The second kappa shape index (κ2) is 11.3. The SMILES string of the molecule is CCCCCOc1ccc(C(=O)Nc2ccc(S(=O)(=O)NC3CCCCC3)cc2)cc1. The number of benzene rings is 2. The molecule has 1 aliphatic carbocycles. The molecule has 0 unspecified atom stereocenters.